The molecule has 0 rings (SSSR count). The molecule has 0 aromatic carbocycles. The first kappa shape index (κ1) is 12.2. The van der Waals surface area contributed by atoms with Gasteiger partial charge in [-0.25, -0.2) is 0 Å². The van der Waals surface area contributed by atoms with Crippen LogP contribution in [0.15, 0.2) is 12.2 Å². The number of aliphatic hydroxyl groups excluding tert-OH is 1. The van der Waals surface area contributed by atoms with Crippen LogP contribution in [0.4, 0.5) is 0 Å². The van der Waals surface area contributed by atoms with Crippen molar-refractivity contribution in [1.82, 2.24) is 5.32 Å². The second-order valence-electron chi connectivity index (χ2n) is 3.54. The Morgan fingerprint density at radius 1 is 1.46 bits per heavy atom. The Morgan fingerprint density at radius 3 is 2.46 bits per heavy atom. The van der Waals surface area contributed by atoms with E-state index < -0.39 is 6.10 Å². The van der Waals surface area contributed by atoms with E-state index in [0.29, 0.717) is 12.3 Å². The molecule has 0 aliphatic rings. The number of aliphatic hydroxyl groups is 1. The molecule has 0 spiro atoms. The number of allylic oxidation sites excluding steroid dienone is 1. The fraction of sp³-hybridized carbons (Fsp3) is 0.700. The minimum Gasteiger partial charge on any atom is -0.387 e. The molecule has 76 valence electrons. The van der Waals surface area contributed by atoms with Crippen molar-refractivity contribution in [3.63, 3.8) is 0 Å². The van der Waals surface area contributed by atoms with Gasteiger partial charge in [0.1, 0.15) is 0 Å². The summed E-state index contributed by atoms with van der Waals surface area (Å²) in [6.45, 7) is 5.96. The van der Waals surface area contributed by atoms with Crippen molar-refractivity contribution < 1.29 is 9.90 Å². The van der Waals surface area contributed by atoms with E-state index in [2.05, 4.69) is 19.2 Å². The molecule has 2 N–H and O–H groups in total. The van der Waals surface area contributed by atoms with Gasteiger partial charge < -0.3 is 10.4 Å². The van der Waals surface area contributed by atoms with E-state index in [0.717, 1.165) is 6.42 Å². The quantitative estimate of drug-likeness (QED) is 0.480. The lowest BCUT2D eigenvalue weighted by Crippen LogP contribution is -2.39. The summed E-state index contributed by atoms with van der Waals surface area (Å²) in [7, 11) is 0. The number of carbonyl (C=O) groups is 1. The molecular weight excluding hydrogens is 166 g/mol. The van der Waals surface area contributed by atoms with Crippen LogP contribution in [0, 0.1) is 5.92 Å². The summed E-state index contributed by atoms with van der Waals surface area (Å²) in [6.07, 6.45) is 4.30. The van der Waals surface area contributed by atoms with Gasteiger partial charge in [0, 0.05) is 0 Å². The van der Waals surface area contributed by atoms with Gasteiger partial charge in [-0.3, -0.25) is 4.79 Å². The lowest BCUT2D eigenvalue weighted by atomic mass is 9.99. The molecule has 0 aromatic heterocycles. The molecule has 0 saturated heterocycles. The number of rotatable bonds is 6. The summed E-state index contributed by atoms with van der Waals surface area (Å²) >= 11 is 0. The number of carbonyl (C=O) groups excluding carboxylic acids is 1. The van der Waals surface area contributed by atoms with Crippen molar-refractivity contribution in [3.8, 4) is 0 Å². The smallest absolute Gasteiger partial charge is 0.207 e. The molecule has 1 amide bonds. The zero-order valence-corrected chi connectivity index (χ0v) is 8.53. The highest BCUT2D eigenvalue weighted by atomic mass is 16.3. The molecule has 0 heterocycles. The molecule has 0 fully saturated rings. The zero-order valence-electron chi connectivity index (χ0n) is 8.53. The van der Waals surface area contributed by atoms with Crippen LogP contribution in [0.3, 0.4) is 0 Å². The Morgan fingerprint density at radius 2 is 2.08 bits per heavy atom. The Balaban J connectivity index is 4.13. The minimum atomic E-state index is -0.586. The third-order valence-corrected chi connectivity index (χ3v) is 1.81. The third-order valence-electron chi connectivity index (χ3n) is 1.81. The summed E-state index contributed by atoms with van der Waals surface area (Å²) in [5.74, 6) is 0.456. The van der Waals surface area contributed by atoms with Gasteiger partial charge in [-0.1, -0.05) is 26.0 Å². The lowest BCUT2D eigenvalue weighted by Gasteiger charge is -2.21. The molecule has 2 atom stereocenters. The normalized spacial score (nSPS) is 16.1. The molecule has 3 heteroatoms. The lowest BCUT2D eigenvalue weighted by molar-refractivity contribution is -0.110. The summed E-state index contributed by atoms with van der Waals surface area (Å²) in [6, 6.07) is -0.173. The standard InChI is InChI=1S/C10H19NO2/c1-4-5-10(13)9(11-7-12)6-8(2)3/h4-5,7-10,13H,6H2,1-3H3,(H,11,12)/b5-4+. The molecular formula is C10H19NO2. The van der Waals surface area contributed by atoms with Crippen LogP contribution < -0.4 is 5.32 Å². The van der Waals surface area contributed by atoms with Gasteiger partial charge in [0.05, 0.1) is 12.1 Å². The minimum absolute atomic E-state index is 0.173. The van der Waals surface area contributed by atoms with Gasteiger partial charge in [-0.2, -0.15) is 0 Å². The van der Waals surface area contributed by atoms with E-state index in [4.69, 9.17) is 0 Å². The van der Waals surface area contributed by atoms with E-state index >= 15 is 0 Å². The van der Waals surface area contributed by atoms with Crippen molar-refractivity contribution in [2.75, 3.05) is 0 Å². The highest BCUT2D eigenvalue weighted by Crippen LogP contribution is 2.08. The summed E-state index contributed by atoms with van der Waals surface area (Å²) in [5.41, 5.74) is 0. The predicted octanol–water partition coefficient (Wildman–Crippen LogP) is 1.08. The SMILES string of the molecule is C/C=C/C(O)C(CC(C)C)NC=O. The molecule has 0 aliphatic heterocycles. The fourth-order valence-electron chi connectivity index (χ4n) is 1.23. The van der Waals surface area contributed by atoms with E-state index in [1.165, 1.54) is 0 Å². The Labute approximate surface area is 79.8 Å². The first-order valence-electron chi connectivity index (χ1n) is 4.62. The average molecular weight is 185 g/mol. The maximum absolute atomic E-state index is 10.3. The van der Waals surface area contributed by atoms with Crippen molar-refractivity contribution >= 4 is 6.41 Å². The highest BCUT2D eigenvalue weighted by molar-refractivity contribution is 5.47. The Kier molecular flexibility index (Phi) is 6.24. The number of hydrogen-bond donors (Lipinski definition) is 2. The zero-order chi connectivity index (χ0) is 10.3. The topological polar surface area (TPSA) is 49.3 Å². The van der Waals surface area contributed by atoms with Crippen LogP contribution in [0.2, 0.25) is 0 Å². The summed E-state index contributed by atoms with van der Waals surface area (Å²) in [4.78, 5) is 10.3. The van der Waals surface area contributed by atoms with Crippen LogP contribution >= 0.6 is 0 Å². The molecule has 3 nitrogen and oxygen atoms in total. The van der Waals surface area contributed by atoms with Crippen molar-refractivity contribution in [2.24, 2.45) is 5.92 Å². The number of amides is 1. The van der Waals surface area contributed by atoms with Crippen LogP contribution in [-0.4, -0.2) is 23.7 Å². The van der Waals surface area contributed by atoms with Gasteiger partial charge >= 0.3 is 0 Å². The van der Waals surface area contributed by atoms with Gasteiger partial charge in [0.15, 0.2) is 0 Å². The van der Waals surface area contributed by atoms with E-state index in [-0.39, 0.29) is 6.04 Å². The first-order valence-corrected chi connectivity index (χ1v) is 4.62. The molecule has 13 heavy (non-hydrogen) atoms. The average Bonchev–Trinajstić information content (AvgIpc) is 2.03. The number of nitrogens with one attached hydrogen (secondary N) is 1. The first-order chi connectivity index (χ1) is 6.11. The largest absolute Gasteiger partial charge is 0.387 e. The molecule has 0 bridgehead atoms. The molecule has 0 aliphatic carbocycles. The monoisotopic (exact) mass is 185 g/mol. The molecule has 2 unspecified atom stereocenters. The van der Waals surface area contributed by atoms with Crippen LogP contribution in [0.1, 0.15) is 27.2 Å². The van der Waals surface area contributed by atoms with Crippen molar-refractivity contribution in [2.45, 2.75) is 39.3 Å². The maximum atomic E-state index is 10.3. The number of hydrogen-bond acceptors (Lipinski definition) is 2. The van der Waals surface area contributed by atoms with E-state index in [9.17, 15) is 9.90 Å². The molecule has 0 saturated carbocycles. The van der Waals surface area contributed by atoms with E-state index in [1.807, 2.05) is 6.92 Å². The van der Waals surface area contributed by atoms with Crippen LogP contribution in [0.5, 0.6) is 0 Å². The Bertz CT molecular complexity index is 166. The predicted molar refractivity (Wildman–Crippen MR) is 53.3 cm³/mol. The fourth-order valence-corrected chi connectivity index (χ4v) is 1.23. The van der Waals surface area contributed by atoms with Gasteiger partial charge in [-0.15, -0.1) is 0 Å². The maximum Gasteiger partial charge on any atom is 0.207 e. The summed E-state index contributed by atoms with van der Waals surface area (Å²) in [5, 5.41) is 12.2. The van der Waals surface area contributed by atoms with Crippen molar-refractivity contribution in [3.05, 3.63) is 12.2 Å². The highest BCUT2D eigenvalue weighted by Gasteiger charge is 2.16. The third kappa shape index (κ3) is 5.42. The second kappa shape index (κ2) is 6.66. The van der Waals surface area contributed by atoms with Gasteiger partial charge in [0.2, 0.25) is 6.41 Å². The van der Waals surface area contributed by atoms with E-state index in [1.54, 1.807) is 12.2 Å². The van der Waals surface area contributed by atoms with Crippen LogP contribution in [-0.2, 0) is 4.79 Å². The van der Waals surface area contributed by atoms with Gasteiger partial charge in [0.25, 0.3) is 0 Å². The van der Waals surface area contributed by atoms with Gasteiger partial charge in [-0.05, 0) is 19.3 Å². The van der Waals surface area contributed by atoms with Crippen molar-refractivity contribution in [1.29, 1.82) is 0 Å². The summed E-state index contributed by atoms with van der Waals surface area (Å²) < 4.78 is 0. The van der Waals surface area contributed by atoms with Crippen LogP contribution in [0.25, 0.3) is 0 Å². The Hall–Kier alpha value is -0.830. The molecule has 0 aromatic rings. The molecule has 0 radical (unpaired) electrons. The second-order valence-corrected chi connectivity index (χ2v) is 3.54.